The molecule has 0 bridgehead atoms. The van der Waals surface area contributed by atoms with Crippen LogP contribution in [0.4, 0.5) is 5.95 Å². The first-order valence-corrected chi connectivity index (χ1v) is 5.69. The highest BCUT2D eigenvalue weighted by atomic mass is 16.4. The minimum absolute atomic E-state index is 0.301. The average Bonchev–Trinajstić information content (AvgIpc) is 2.21. The van der Waals surface area contributed by atoms with Crippen LogP contribution in [0.2, 0.25) is 0 Å². The third kappa shape index (κ3) is 4.01. The van der Waals surface area contributed by atoms with Crippen LogP contribution in [0.1, 0.15) is 31.5 Å². The Bertz CT molecular complexity index is 405. The molecule has 0 saturated carbocycles. The molecule has 1 rings (SSSR count). The highest BCUT2D eigenvalue weighted by molar-refractivity contribution is 5.76. The largest absolute Gasteiger partial charge is 0.480 e. The Balaban J connectivity index is 2.78. The zero-order chi connectivity index (χ0) is 13.0. The van der Waals surface area contributed by atoms with Gasteiger partial charge in [0.1, 0.15) is 6.04 Å². The molecule has 1 heterocycles. The van der Waals surface area contributed by atoms with Gasteiger partial charge in [0.05, 0.1) is 0 Å². The van der Waals surface area contributed by atoms with Gasteiger partial charge in [0.15, 0.2) is 0 Å². The maximum absolute atomic E-state index is 11.1. The fourth-order valence-corrected chi connectivity index (χ4v) is 1.45. The first kappa shape index (κ1) is 13.4. The molecule has 0 aliphatic carbocycles. The van der Waals surface area contributed by atoms with Gasteiger partial charge in [-0.25, -0.2) is 14.8 Å². The van der Waals surface area contributed by atoms with Gasteiger partial charge in [0.25, 0.3) is 0 Å². The number of carboxylic acids is 1. The van der Waals surface area contributed by atoms with Crippen molar-refractivity contribution in [3.8, 4) is 0 Å². The summed E-state index contributed by atoms with van der Waals surface area (Å²) in [6.07, 6.45) is 2.24. The number of nitrogens with one attached hydrogen (secondary N) is 1. The topological polar surface area (TPSA) is 75.1 Å². The number of hydrogen-bond donors (Lipinski definition) is 2. The quantitative estimate of drug-likeness (QED) is 0.819. The molecule has 0 radical (unpaired) electrons. The molecule has 5 heteroatoms. The second kappa shape index (κ2) is 5.61. The van der Waals surface area contributed by atoms with Gasteiger partial charge < -0.3 is 10.4 Å². The monoisotopic (exact) mass is 237 g/mol. The molecule has 2 N–H and O–H groups in total. The van der Waals surface area contributed by atoms with Gasteiger partial charge in [0, 0.05) is 11.9 Å². The lowest BCUT2D eigenvalue weighted by molar-refractivity contribution is -0.138. The maximum atomic E-state index is 11.1. The molecule has 0 fully saturated rings. The zero-order valence-electron chi connectivity index (χ0n) is 10.7. The summed E-state index contributed by atoms with van der Waals surface area (Å²) in [6.45, 7) is 7.76. The molecule has 1 atom stereocenters. The van der Waals surface area contributed by atoms with Crippen LogP contribution in [0.25, 0.3) is 0 Å². The number of carboxylic acid groups (broad SMARTS) is 1. The minimum atomic E-state index is -0.875. The van der Waals surface area contributed by atoms with Crippen molar-refractivity contribution in [2.75, 3.05) is 5.32 Å². The fraction of sp³-hybridized carbons (Fsp3) is 0.583. The van der Waals surface area contributed by atoms with Crippen molar-refractivity contribution in [3.05, 3.63) is 17.5 Å². The van der Waals surface area contributed by atoms with Gasteiger partial charge in [-0.2, -0.15) is 0 Å². The van der Waals surface area contributed by atoms with Crippen molar-refractivity contribution in [2.45, 2.75) is 40.2 Å². The molecule has 0 amide bonds. The summed E-state index contributed by atoms with van der Waals surface area (Å²) >= 11 is 0. The van der Waals surface area contributed by atoms with Crippen molar-refractivity contribution in [1.82, 2.24) is 9.97 Å². The number of nitrogens with zero attached hydrogens (tertiary/aromatic N) is 2. The molecule has 1 aromatic rings. The summed E-state index contributed by atoms with van der Waals surface area (Å²) < 4.78 is 0. The number of aromatic nitrogens is 2. The Morgan fingerprint density at radius 1 is 1.47 bits per heavy atom. The van der Waals surface area contributed by atoms with E-state index >= 15 is 0 Å². The smallest absolute Gasteiger partial charge is 0.326 e. The third-order valence-electron chi connectivity index (χ3n) is 2.53. The van der Waals surface area contributed by atoms with E-state index in [0.717, 1.165) is 11.3 Å². The number of hydrogen-bond acceptors (Lipinski definition) is 4. The molecule has 0 saturated heterocycles. The lowest BCUT2D eigenvalue weighted by atomic mass is 10.0. The van der Waals surface area contributed by atoms with Gasteiger partial charge in [-0.15, -0.1) is 0 Å². The Labute approximate surface area is 101 Å². The molecule has 5 nitrogen and oxygen atoms in total. The Morgan fingerprint density at radius 2 is 2.12 bits per heavy atom. The van der Waals surface area contributed by atoms with Crippen LogP contribution in [-0.4, -0.2) is 27.1 Å². The van der Waals surface area contributed by atoms with Crippen LogP contribution < -0.4 is 5.32 Å². The van der Waals surface area contributed by atoms with Gasteiger partial charge in [-0.05, 0) is 31.7 Å². The van der Waals surface area contributed by atoms with E-state index in [2.05, 4.69) is 15.3 Å². The minimum Gasteiger partial charge on any atom is -0.480 e. The molecule has 0 unspecified atom stereocenters. The summed E-state index contributed by atoms with van der Waals surface area (Å²) in [5.41, 5.74) is 1.85. The highest BCUT2D eigenvalue weighted by Crippen LogP contribution is 2.11. The van der Waals surface area contributed by atoms with E-state index in [4.69, 9.17) is 5.11 Å². The second-order valence-corrected chi connectivity index (χ2v) is 4.63. The molecule has 94 valence electrons. The van der Waals surface area contributed by atoms with E-state index in [1.807, 2.05) is 27.7 Å². The fourth-order valence-electron chi connectivity index (χ4n) is 1.45. The molecule has 1 aromatic heterocycles. The van der Waals surface area contributed by atoms with E-state index in [9.17, 15) is 4.79 Å². The van der Waals surface area contributed by atoms with Crippen LogP contribution in [0.15, 0.2) is 6.20 Å². The van der Waals surface area contributed by atoms with Crippen LogP contribution >= 0.6 is 0 Å². The number of aliphatic carboxylic acids is 1. The van der Waals surface area contributed by atoms with Crippen LogP contribution in [0.3, 0.4) is 0 Å². The summed E-state index contributed by atoms with van der Waals surface area (Å²) in [4.78, 5) is 19.4. The van der Waals surface area contributed by atoms with Crippen molar-refractivity contribution < 1.29 is 9.90 Å². The normalized spacial score (nSPS) is 12.5. The SMILES string of the molecule is Cc1cnc(N[C@@H](CC(C)C)C(=O)O)nc1C. The molecular weight excluding hydrogens is 218 g/mol. The van der Waals surface area contributed by atoms with Crippen LogP contribution in [-0.2, 0) is 4.79 Å². The second-order valence-electron chi connectivity index (χ2n) is 4.63. The van der Waals surface area contributed by atoms with Gasteiger partial charge in [-0.1, -0.05) is 13.8 Å². The predicted molar refractivity (Wildman–Crippen MR) is 66.0 cm³/mol. The van der Waals surface area contributed by atoms with E-state index < -0.39 is 12.0 Å². The third-order valence-corrected chi connectivity index (χ3v) is 2.53. The van der Waals surface area contributed by atoms with Crippen molar-refractivity contribution in [1.29, 1.82) is 0 Å². The predicted octanol–water partition coefficient (Wildman–Crippen LogP) is 2.00. The number of anilines is 1. The molecule has 0 aliphatic heterocycles. The standard InChI is InChI=1S/C12H19N3O2/c1-7(2)5-10(11(16)17)15-12-13-6-8(3)9(4)14-12/h6-7,10H,5H2,1-4H3,(H,16,17)(H,13,14,15)/t10-/m0/s1. The van der Waals surface area contributed by atoms with Crippen molar-refractivity contribution >= 4 is 11.9 Å². The molecule has 0 aliphatic rings. The zero-order valence-corrected chi connectivity index (χ0v) is 10.7. The van der Waals surface area contributed by atoms with E-state index in [0.29, 0.717) is 18.3 Å². The lowest BCUT2D eigenvalue weighted by Gasteiger charge is -2.16. The number of rotatable bonds is 5. The van der Waals surface area contributed by atoms with Gasteiger partial charge >= 0.3 is 5.97 Å². The molecule has 17 heavy (non-hydrogen) atoms. The maximum Gasteiger partial charge on any atom is 0.326 e. The van der Waals surface area contributed by atoms with E-state index in [1.54, 1.807) is 6.20 Å². The Morgan fingerprint density at radius 3 is 2.59 bits per heavy atom. The summed E-state index contributed by atoms with van der Waals surface area (Å²) in [6, 6.07) is -0.642. The van der Waals surface area contributed by atoms with E-state index in [1.165, 1.54) is 0 Å². The first-order valence-electron chi connectivity index (χ1n) is 5.69. The lowest BCUT2D eigenvalue weighted by Crippen LogP contribution is -2.31. The Hall–Kier alpha value is -1.65. The van der Waals surface area contributed by atoms with Crippen LogP contribution in [0.5, 0.6) is 0 Å². The number of aryl methyl sites for hydroxylation is 2. The summed E-state index contributed by atoms with van der Waals surface area (Å²) in [5.74, 6) is -0.197. The van der Waals surface area contributed by atoms with Gasteiger partial charge in [-0.3, -0.25) is 0 Å². The summed E-state index contributed by atoms with van der Waals surface area (Å²) in [5, 5.41) is 11.9. The van der Waals surface area contributed by atoms with Crippen molar-refractivity contribution in [2.24, 2.45) is 5.92 Å². The molecular formula is C12H19N3O2. The molecule has 0 aromatic carbocycles. The average molecular weight is 237 g/mol. The Kier molecular flexibility index (Phi) is 4.43. The highest BCUT2D eigenvalue weighted by Gasteiger charge is 2.19. The van der Waals surface area contributed by atoms with Gasteiger partial charge in [0.2, 0.25) is 5.95 Å². The molecule has 0 spiro atoms. The van der Waals surface area contributed by atoms with Crippen molar-refractivity contribution in [3.63, 3.8) is 0 Å². The summed E-state index contributed by atoms with van der Waals surface area (Å²) in [7, 11) is 0. The number of carbonyl (C=O) groups is 1. The first-order chi connectivity index (χ1) is 7.90. The van der Waals surface area contributed by atoms with E-state index in [-0.39, 0.29) is 0 Å². The van der Waals surface area contributed by atoms with Crippen LogP contribution in [0, 0.1) is 19.8 Å².